The third-order valence-corrected chi connectivity index (χ3v) is 6.58. The van der Waals surface area contributed by atoms with Crippen LogP contribution in [0.2, 0.25) is 5.02 Å². The summed E-state index contributed by atoms with van der Waals surface area (Å²) in [6.07, 6.45) is -0.0137. The highest BCUT2D eigenvalue weighted by molar-refractivity contribution is 6.51. The molecule has 38 heavy (non-hydrogen) atoms. The standard InChI is InChI=1S/C30H31ClN2O5/c1-17(2)38-22-13-7-19(8-14-22)26-25(27(34)23-15-18(3)16-24(31)29(23)37-6)28(35)30(36)33(26)21-11-9-20(10-12-21)32(4)5/h7-17,26,34H,1-6H3/b27-25+. The van der Waals surface area contributed by atoms with Crippen LogP contribution < -0.4 is 19.3 Å². The Hall–Kier alpha value is -3.97. The number of aliphatic hydroxyl groups excluding tert-OH is 1. The van der Waals surface area contributed by atoms with E-state index in [1.807, 2.05) is 51.9 Å². The molecule has 0 bridgehead atoms. The van der Waals surface area contributed by atoms with Crippen molar-refractivity contribution >= 4 is 40.4 Å². The molecule has 0 spiro atoms. The molecule has 3 aromatic carbocycles. The Labute approximate surface area is 227 Å². The number of hydrogen-bond donors (Lipinski definition) is 1. The Balaban J connectivity index is 1.94. The number of carbonyl (C=O) groups is 2. The summed E-state index contributed by atoms with van der Waals surface area (Å²) in [4.78, 5) is 30.4. The van der Waals surface area contributed by atoms with Crippen molar-refractivity contribution in [1.82, 2.24) is 0 Å². The van der Waals surface area contributed by atoms with Crippen LogP contribution in [0.1, 0.15) is 36.6 Å². The number of Topliss-reactive ketones (excluding diaryl/α,β-unsaturated/α-hetero) is 1. The average molecular weight is 535 g/mol. The molecule has 1 atom stereocenters. The summed E-state index contributed by atoms with van der Waals surface area (Å²) in [5.74, 6) is -1.02. The van der Waals surface area contributed by atoms with Crippen molar-refractivity contribution < 1.29 is 24.2 Å². The van der Waals surface area contributed by atoms with Gasteiger partial charge >= 0.3 is 0 Å². The van der Waals surface area contributed by atoms with E-state index in [0.717, 1.165) is 11.3 Å². The van der Waals surface area contributed by atoms with Crippen LogP contribution >= 0.6 is 11.6 Å². The highest BCUT2D eigenvalue weighted by Gasteiger charge is 2.47. The molecule has 1 amide bonds. The molecule has 1 unspecified atom stereocenters. The second-order valence-electron chi connectivity index (χ2n) is 9.64. The van der Waals surface area contributed by atoms with E-state index in [1.165, 1.54) is 12.0 Å². The Morgan fingerprint density at radius 2 is 1.66 bits per heavy atom. The van der Waals surface area contributed by atoms with Gasteiger partial charge in [0, 0.05) is 25.5 Å². The maximum atomic E-state index is 13.5. The highest BCUT2D eigenvalue weighted by atomic mass is 35.5. The number of benzene rings is 3. The fourth-order valence-electron chi connectivity index (χ4n) is 4.58. The van der Waals surface area contributed by atoms with E-state index in [0.29, 0.717) is 17.0 Å². The average Bonchev–Trinajstić information content (AvgIpc) is 3.13. The first-order valence-electron chi connectivity index (χ1n) is 12.2. The van der Waals surface area contributed by atoms with Crippen LogP contribution in [0, 0.1) is 6.92 Å². The van der Waals surface area contributed by atoms with E-state index in [2.05, 4.69) is 0 Å². The second kappa shape index (κ2) is 10.8. The molecule has 1 heterocycles. The normalized spacial score (nSPS) is 16.7. The Kier molecular flexibility index (Phi) is 7.69. The van der Waals surface area contributed by atoms with E-state index in [4.69, 9.17) is 21.1 Å². The van der Waals surface area contributed by atoms with Crippen LogP contribution in [0.25, 0.3) is 5.76 Å². The van der Waals surface area contributed by atoms with Gasteiger partial charge in [0.25, 0.3) is 11.7 Å². The predicted molar refractivity (Wildman–Crippen MR) is 150 cm³/mol. The number of rotatable bonds is 7. The lowest BCUT2D eigenvalue weighted by molar-refractivity contribution is -0.132. The van der Waals surface area contributed by atoms with Gasteiger partial charge in [-0.1, -0.05) is 23.7 Å². The number of hydrogen-bond acceptors (Lipinski definition) is 6. The molecule has 198 valence electrons. The van der Waals surface area contributed by atoms with E-state index in [1.54, 1.807) is 48.5 Å². The van der Waals surface area contributed by atoms with Gasteiger partial charge in [0.2, 0.25) is 0 Å². The predicted octanol–water partition coefficient (Wildman–Crippen LogP) is 6.14. The van der Waals surface area contributed by atoms with E-state index in [9.17, 15) is 14.7 Å². The molecule has 0 aliphatic carbocycles. The molecule has 1 fully saturated rings. The summed E-state index contributed by atoms with van der Waals surface area (Å²) in [7, 11) is 5.27. The lowest BCUT2D eigenvalue weighted by atomic mass is 9.94. The maximum Gasteiger partial charge on any atom is 0.300 e. The number of nitrogens with zero attached hydrogens (tertiary/aromatic N) is 2. The summed E-state index contributed by atoms with van der Waals surface area (Å²) in [5, 5.41) is 11.9. The summed E-state index contributed by atoms with van der Waals surface area (Å²) in [6, 6.07) is 17.0. The van der Waals surface area contributed by atoms with Crippen molar-refractivity contribution in [2.24, 2.45) is 0 Å². The van der Waals surface area contributed by atoms with Gasteiger partial charge in [-0.2, -0.15) is 0 Å². The molecule has 7 nitrogen and oxygen atoms in total. The minimum Gasteiger partial charge on any atom is -0.507 e. The first-order chi connectivity index (χ1) is 18.0. The summed E-state index contributed by atoms with van der Waals surface area (Å²) in [6.45, 7) is 5.68. The molecule has 1 aliphatic heterocycles. The number of aryl methyl sites for hydroxylation is 1. The van der Waals surface area contributed by atoms with Crippen molar-refractivity contribution in [1.29, 1.82) is 0 Å². The zero-order valence-corrected chi connectivity index (χ0v) is 23.0. The number of carbonyl (C=O) groups excluding carboxylic acids is 2. The molecule has 1 saturated heterocycles. The van der Waals surface area contributed by atoms with Crippen molar-refractivity contribution in [2.75, 3.05) is 31.0 Å². The number of ketones is 1. The highest BCUT2D eigenvalue weighted by Crippen LogP contribution is 2.45. The quantitative estimate of drug-likeness (QED) is 0.223. The molecular formula is C30H31ClN2O5. The van der Waals surface area contributed by atoms with Gasteiger partial charge in [-0.05, 0) is 80.4 Å². The summed E-state index contributed by atoms with van der Waals surface area (Å²) >= 11 is 6.39. The minimum absolute atomic E-state index is 0.0137. The molecule has 4 rings (SSSR count). The number of halogens is 1. The lowest BCUT2D eigenvalue weighted by Crippen LogP contribution is -2.29. The van der Waals surface area contributed by atoms with Gasteiger partial charge < -0.3 is 19.5 Å². The van der Waals surface area contributed by atoms with Crippen molar-refractivity contribution in [3.63, 3.8) is 0 Å². The van der Waals surface area contributed by atoms with Gasteiger partial charge in [0.1, 0.15) is 17.3 Å². The summed E-state index contributed by atoms with van der Waals surface area (Å²) < 4.78 is 11.2. The molecule has 0 radical (unpaired) electrons. The number of anilines is 2. The van der Waals surface area contributed by atoms with Crippen LogP contribution in [0.5, 0.6) is 11.5 Å². The van der Waals surface area contributed by atoms with Gasteiger partial charge in [-0.25, -0.2) is 0 Å². The van der Waals surface area contributed by atoms with Gasteiger partial charge in [0.15, 0.2) is 0 Å². The molecule has 3 aromatic rings. The fraction of sp³-hybridized carbons (Fsp3) is 0.267. The number of amides is 1. The van der Waals surface area contributed by atoms with Gasteiger partial charge in [0.05, 0.1) is 35.4 Å². The number of aliphatic hydroxyl groups is 1. The third-order valence-electron chi connectivity index (χ3n) is 6.30. The Bertz CT molecular complexity index is 1400. The number of methoxy groups -OCH3 is 1. The van der Waals surface area contributed by atoms with Gasteiger partial charge in [-0.3, -0.25) is 14.5 Å². The monoisotopic (exact) mass is 534 g/mol. The van der Waals surface area contributed by atoms with E-state index < -0.39 is 17.7 Å². The zero-order valence-electron chi connectivity index (χ0n) is 22.3. The molecule has 1 aliphatic rings. The molecular weight excluding hydrogens is 504 g/mol. The first-order valence-corrected chi connectivity index (χ1v) is 12.6. The topological polar surface area (TPSA) is 79.3 Å². The molecule has 0 saturated carbocycles. The van der Waals surface area contributed by atoms with Crippen LogP contribution in [-0.4, -0.2) is 44.1 Å². The minimum atomic E-state index is -0.891. The Morgan fingerprint density at radius 1 is 1.03 bits per heavy atom. The van der Waals surface area contributed by atoms with Crippen LogP contribution in [0.3, 0.4) is 0 Å². The van der Waals surface area contributed by atoms with E-state index in [-0.39, 0.29) is 33.8 Å². The SMILES string of the molecule is COc1c(Cl)cc(C)cc1/C(O)=C1\C(=O)C(=O)N(c2ccc(N(C)C)cc2)C1c1ccc(OC(C)C)cc1. The summed E-state index contributed by atoms with van der Waals surface area (Å²) in [5.41, 5.74) is 3.05. The molecule has 0 aromatic heterocycles. The van der Waals surface area contributed by atoms with Crippen molar-refractivity contribution in [2.45, 2.75) is 32.9 Å². The zero-order chi connectivity index (χ0) is 27.7. The van der Waals surface area contributed by atoms with Crippen LogP contribution in [-0.2, 0) is 9.59 Å². The van der Waals surface area contributed by atoms with Gasteiger partial charge in [-0.15, -0.1) is 0 Å². The smallest absolute Gasteiger partial charge is 0.300 e. The lowest BCUT2D eigenvalue weighted by Gasteiger charge is -2.26. The largest absolute Gasteiger partial charge is 0.507 e. The van der Waals surface area contributed by atoms with Crippen LogP contribution in [0.4, 0.5) is 11.4 Å². The van der Waals surface area contributed by atoms with E-state index >= 15 is 0 Å². The fourth-order valence-corrected chi connectivity index (χ4v) is 4.93. The van der Waals surface area contributed by atoms with Crippen molar-refractivity contribution in [3.8, 4) is 11.5 Å². The first kappa shape index (κ1) is 27.1. The second-order valence-corrected chi connectivity index (χ2v) is 10.1. The molecule has 8 heteroatoms. The Morgan fingerprint density at radius 3 is 2.21 bits per heavy atom. The maximum absolute atomic E-state index is 13.5. The molecule has 1 N–H and O–H groups in total. The third kappa shape index (κ3) is 5.07. The van der Waals surface area contributed by atoms with Crippen LogP contribution in [0.15, 0.2) is 66.2 Å². The van der Waals surface area contributed by atoms with Crippen molar-refractivity contribution in [3.05, 3.63) is 87.9 Å². The number of ether oxygens (including phenoxy) is 2.